The fourth-order valence-electron chi connectivity index (χ4n) is 3.29. The Morgan fingerprint density at radius 3 is 2.78 bits per heavy atom. The Bertz CT molecular complexity index is 836. The monoisotopic (exact) mass is 527 g/mol. The maximum absolute atomic E-state index is 13.0. The fraction of sp³-hybridized carbons (Fsp3) is 0.545. The van der Waals surface area contributed by atoms with E-state index < -0.39 is 17.9 Å². The highest BCUT2D eigenvalue weighted by Crippen LogP contribution is 2.24. The third-order valence-electron chi connectivity index (χ3n) is 4.92. The standard InChI is InChI=1S/C22H30BrN3O5S/c1-3-5-6-7-12-31-18-9-8-15(23)13-16(18)20(28)25-22(32)26-11-10-24-21(29)17(26)14-19(27)30-4-2/h8-9,13,17H,3-7,10-12,14H2,1-2H3,(H,24,29)(H,25,28,32). The lowest BCUT2D eigenvalue weighted by Crippen LogP contribution is -2.60. The molecule has 0 bridgehead atoms. The van der Waals surface area contributed by atoms with E-state index >= 15 is 0 Å². The van der Waals surface area contributed by atoms with Gasteiger partial charge in [0, 0.05) is 17.6 Å². The molecule has 10 heteroatoms. The first-order valence-electron chi connectivity index (χ1n) is 10.8. The molecule has 1 atom stereocenters. The van der Waals surface area contributed by atoms with Gasteiger partial charge in [0.25, 0.3) is 5.91 Å². The summed E-state index contributed by atoms with van der Waals surface area (Å²) in [5.41, 5.74) is 0.334. The largest absolute Gasteiger partial charge is 0.493 e. The molecule has 1 fully saturated rings. The van der Waals surface area contributed by atoms with E-state index in [0.717, 1.165) is 30.2 Å². The van der Waals surface area contributed by atoms with Crippen molar-refractivity contribution in [2.75, 3.05) is 26.3 Å². The van der Waals surface area contributed by atoms with Crippen molar-refractivity contribution in [3.63, 3.8) is 0 Å². The lowest BCUT2D eigenvalue weighted by Gasteiger charge is -2.36. The SMILES string of the molecule is CCCCCCOc1ccc(Br)cc1C(=O)NC(=S)N1CCNC(=O)C1CC(=O)OCC. The number of amides is 2. The van der Waals surface area contributed by atoms with Crippen LogP contribution in [0, 0.1) is 0 Å². The van der Waals surface area contributed by atoms with Gasteiger partial charge in [-0.3, -0.25) is 19.7 Å². The molecule has 0 radical (unpaired) electrons. The number of hydrogen-bond donors (Lipinski definition) is 2. The summed E-state index contributed by atoms with van der Waals surface area (Å²) in [5, 5.41) is 5.48. The van der Waals surface area contributed by atoms with Crippen LogP contribution in [0.3, 0.4) is 0 Å². The summed E-state index contributed by atoms with van der Waals surface area (Å²) in [7, 11) is 0. The molecule has 1 aliphatic rings. The number of piperazine rings is 1. The Balaban J connectivity index is 2.08. The van der Waals surface area contributed by atoms with Gasteiger partial charge in [-0.05, 0) is 43.8 Å². The Morgan fingerprint density at radius 2 is 2.06 bits per heavy atom. The van der Waals surface area contributed by atoms with Crippen molar-refractivity contribution < 1.29 is 23.9 Å². The number of nitrogens with one attached hydrogen (secondary N) is 2. The van der Waals surface area contributed by atoms with Crippen molar-refractivity contribution in [1.82, 2.24) is 15.5 Å². The normalized spacial score (nSPS) is 15.7. The zero-order valence-corrected chi connectivity index (χ0v) is 20.9. The molecule has 1 heterocycles. The summed E-state index contributed by atoms with van der Waals surface area (Å²) in [5.74, 6) is -0.816. The summed E-state index contributed by atoms with van der Waals surface area (Å²) in [6.07, 6.45) is 4.09. The van der Waals surface area contributed by atoms with E-state index in [-0.39, 0.29) is 24.0 Å². The first-order valence-corrected chi connectivity index (χ1v) is 12.0. The number of hydrogen-bond acceptors (Lipinski definition) is 6. The van der Waals surface area contributed by atoms with Crippen LogP contribution < -0.4 is 15.4 Å². The van der Waals surface area contributed by atoms with Crippen LogP contribution in [0.15, 0.2) is 22.7 Å². The maximum Gasteiger partial charge on any atom is 0.308 e. The van der Waals surface area contributed by atoms with Crippen LogP contribution in [0.4, 0.5) is 0 Å². The summed E-state index contributed by atoms with van der Waals surface area (Å²) in [4.78, 5) is 38.8. The average Bonchev–Trinajstić information content (AvgIpc) is 2.75. The molecule has 176 valence electrons. The van der Waals surface area contributed by atoms with E-state index in [1.807, 2.05) is 0 Å². The van der Waals surface area contributed by atoms with Gasteiger partial charge in [0.1, 0.15) is 11.8 Å². The van der Waals surface area contributed by atoms with E-state index in [4.69, 9.17) is 21.7 Å². The van der Waals surface area contributed by atoms with E-state index in [1.54, 1.807) is 30.0 Å². The molecule has 32 heavy (non-hydrogen) atoms. The van der Waals surface area contributed by atoms with Gasteiger partial charge in [-0.25, -0.2) is 0 Å². The predicted molar refractivity (Wildman–Crippen MR) is 129 cm³/mol. The minimum Gasteiger partial charge on any atom is -0.493 e. The van der Waals surface area contributed by atoms with Crippen LogP contribution >= 0.6 is 28.1 Å². The molecule has 0 aromatic heterocycles. The zero-order chi connectivity index (χ0) is 23.5. The van der Waals surface area contributed by atoms with Gasteiger partial charge in [0.2, 0.25) is 5.91 Å². The van der Waals surface area contributed by atoms with Gasteiger partial charge in [0.05, 0.1) is 25.2 Å². The molecular weight excluding hydrogens is 498 g/mol. The smallest absolute Gasteiger partial charge is 0.308 e. The first-order chi connectivity index (χ1) is 15.4. The molecule has 2 rings (SSSR count). The summed E-state index contributed by atoms with van der Waals surface area (Å²) >= 11 is 8.80. The van der Waals surface area contributed by atoms with E-state index in [1.165, 1.54) is 0 Å². The van der Waals surface area contributed by atoms with Crippen molar-refractivity contribution >= 4 is 51.0 Å². The van der Waals surface area contributed by atoms with Crippen molar-refractivity contribution in [2.24, 2.45) is 0 Å². The van der Waals surface area contributed by atoms with Gasteiger partial charge in [-0.2, -0.15) is 0 Å². The maximum atomic E-state index is 13.0. The highest BCUT2D eigenvalue weighted by molar-refractivity contribution is 9.10. The molecule has 0 saturated carbocycles. The van der Waals surface area contributed by atoms with Crippen LogP contribution in [0.5, 0.6) is 5.75 Å². The molecule has 8 nitrogen and oxygen atoms in total. The molecule has 2 N–H and O–H groups in total. The third-order valence-corrected chi connectivity index (χ3v) is 5.75. The van der Waals surface area contributed by atoms with E-state index in [0.29, 0.717) is 31.0 Å². The first kappa shape index (κ1) is 26.1. The van der Waals surface area contributed by atoms with Crippen molar-refractivity contribution in [2.45, 2.75) is 52.0 Å². The fourth-order valence-corrected chi connectivity index (χ4v) is 3.96. The van der Waals surface area contributed by atoms with Crippen LogP contribution in [0.1, 0.15) is 56.3 Å². The van der Waals surface area contributed by atoms with Gasteiger partial charge in [-0.15, -0.1) is 0 Å². The summed E-state index contributed by atoms with van der Waals surface area (Å²) in [6.45, 7) is 5.30. The number of benzene rings is 1. The second-order valence-corrected chi connectivity index (χ2v) is 8.62. The van der Waals surface area contributed by atoms with E-state index in [9.17, 15) is 14.4 Å². The van der Waals surface area contributed by atoms with Gasteiger partial charge in [-0.1, -0.05) is 42.1 Å². The molecular formula is C22H30BrN3O5S. The Labute approximate surface area is 202 Å². The van der Waals surface area contributed by atoms with Gasteiger partial charge >= 0.3 is 5.97 Å². The average molecular weight is 528 g/mol. The third kappa shape index (κ3) is 7.74. The predicted octanol–water partition coefficient (Wildman–Crippen LogP) is 3.18. The highest BCUT2D eigenvalue weighted by Gasteiger charge is 2.34. The summed E-state index contributed by atoms with van der Waals surface area (Å²) < 4.78 is 11.5. The van der Waals surface area contributed by atoms with Crippen LogP contribution in [0.2, 0.25) is 0 Å². The van der Waals surface area contributed by atoms with Gasteiger partial charge in [0.15, 0.2) is 5.11 Å². The number of rotatable bonds is 10. The molecule has 1 saturated heterocycles. The molecule has 0 aliphatic carbocycles. The Morgan fingerprint density at radius 1 is 1.28 bits per heavy atom. The Hall–Kier alpha value is -2.20. The van der Waals surface area contributed by atoms with Crippen molar-refractivity contribution in [3.8, 4) is 5.75 Å². The quantitative estimate of drug-likeness (QED) is 0.274. The molecule has 1 aromatic rings. The van der Waals surface area contributed by atoms with Gasteiger partial charge < -0.3 is 19.7 Å². The zero-order valence-electron chi connectivity index (χ0n) is 18.4. The highest BCUT2D eigenvalue weighted by atomic mass is 79.9. The number of carbonyl (C=O) groups excluding carboxylic acids is 3. The number of unbranched alkanes of at least 4 members (excludes halogenated alkanes) is 3. The molecule has 1 aliphatic heterocycles. The number of halogens is 1. The number of nitrogens with zero attached hydrogens (tertiary/aromatic N) is 1. The number of carbonyl (C=O) groups is 3. The Kier molecular flexibility index (Phi) is 10.9. The number of ether oxygens (including phenoxy) is 2. The van der Waals surface area contributed by atoms with Crippen molar-refractivity contribution in [1.29, 1.82) is 0 Å². The molecule has 0 spiro atoms. The van der Waals surface area contributed by atoms with E-state index in [2.05, 4.69) is 33.5 Å². The summed E-state index contributed by atoms with van der Waals surface area (Å²) in [6, 6.07) is 4.37. The molecule has 1 unspecified atom stereocenters. The number of esters is 1. The topological polar surface area (TPSA) is 97.0 Å². The minimum atomic E-state index is -0.840. The minimum absolute atomic E-state index is 0.0769. The van der Waals surface area contributed by atoms with Crippen LogP contribution in [-0.2, 0) is 14.3 Å². The lowest BCUT2D eigenvalue weighted by molar-refractivity contribution is -0.147. The number of thiocarbonyl (C=S) groups is 1. The molecule has 1 aromatic carbocycles. The van der Waals surface area contributed by atoms with Crippen LogP contribution in [0.25, 0.3) is 0 Å². The second-order valence-electron chi connectivity index (χ2n) is 7.32. The van der Waals surface area contributed by atoms with Crippen LogP contribution in [-0.4, -0.2) is 60.1 Å². The van der Waals surface area contributed by atoms with Crippen molar-refractivity contribution in [3.05, 3.63) is 28.2 Å². The lowest BCUT2D eigenvalue weighted by atomic mass is 10.1. The second kappa shape index (κ2) is 13.4. The molecule has 2 amide bonds.